The Hall–Kier alpha value is -3.14. The van der Waals surface area contributed by atoms with Crippen LogP contribution in [0.2, 0.25) is 10.0 Å². The van der Waals surface area contributed by atoms with Gasteiger partial charge in [0.05, 0.1) is 22.0 Å². The van der Waals surface area contributed by atoms with Gasteiger partial charge in [0.2, 0.25) is 21.8 Å². The van der Waals surface area contributed by atoms with E-state index in [1.54, 1.807) is 24.3 Å². The minimum atomic E-state index is -3.82. The zero-order chi connectivity index (χ0) is 30.7. The molecular weight excluding hydrogens is 600 g/mol. The highest BCUT2D eigenvalue weighted by atomic mass is 35.5. The molecule has 3 rings (SSSR count). The fourth-order valence-electron chi connectivity index (χ4n) is 4.53. The minimum absolute atomic E-state index is 0.0741. The lowest BCUT2D eigenvalue weighted by Gasteiger charge is -2.32. The molecule has 0 heterocycles. The van der Waals surface area contributed by atoms with Gasteiger partial charge in [-0.1, -0.05) is 85.1 Å². The summed E-state index contributed by atoms with van der Waals surface area (Å²) in [7, 11) is -3.82. The summed E-state index contributed by atoms with van der Waals surface area (Å²) < 4.78 is 40.4. The second-order valence-corrected chi connectivity index (χ2v) is 12.7. The van der Waals surface area contributed by atoms with Gasteiger partial charge in [-0.25, -0.2) is 12.8 Å². The van der Waals surface area contributed by atoms with Gasteiger partial charge in [-0.15, -0.1) is 0 Å². The number of carbonyl (C=O) groups is 2. The molecular formula is C31H36Cl2FN3O4S. The molecule has 0 bridgehead atoms. The number of halogens is 3. The van der Waals surface area contributed by atoms with Crippen molar-refractivity contribution >= 4 is 50.7 Å². The Morgan fingerprint density at radius 3 is 2.26 bits per heavy atom. The van der Waals surface area contributed by atoms with E-state index in [4.69, 9.17) is 23.2 Å². The molecule has 0 aliphatic rings. The first-order chi connectivity index (χ1) is 20.0. The van der Waals surface area contributed by atoms with Gasteiger partial charge in [0.25, 0.3) is 0 Å². The van der Waals surface area contributed by atoms with Gasteiger partial charge in [-0.3, -0.25) is 13.9 Å². The third-order valence-electron chi connectivity index (χ3n) is 6.71. The second-order valence-electron chi connectivity index (χ2n) is 10.0. The Morgan fingerprint density at radius 2 is 1.62 bits per heavy atom. The minimum Gasteiger partial charge on any atom is -0.354 e. The van der Waals surface area contributed by atoms with Gasteiger partial charge in [0.1, 0.15) is 11.9 Å². The van der Waals surface area contributed by atoms with Crippen LogP contribution >= 0.6 is 23.2 Å². The van der Waals surface area contributed by atoms with E-state index in [1.807, 2.05) is 37.3 Å². The van der Waals surface area contributed by atoms with E-state index in [0.717, 1.165) is 29.0 Å². The fourth-order valence-corrected chi connectivity index (χ4v) is 5.82. The molecule has 2 amide bonds. The normalized spacial score (nSPS) is 12.0. The summed E-state index contributed by atoms with van der Waals surface area (Å²) in [5, 5.41) is 3.65. The number of carbonyl (C=O) groups excluding carboxylic acids is 2. The first kappa shape index (κ1) is 33.4. The quantitative estimate of drug-likeness (QED) is 0.200. The van der Waals surface area contributed by atoms with Crippen molar-refractivity contribution in [2.75, 3.05) is 23.7 Å². The van der Waals surface area contributed by atoms with Crippen LogP contribution in [0.25, 0.3) is 0 Å². The Morgan fingerprint density at radius 1 is 0.929 bits per heavy atom. The summed E-state index contributed by atoms with van der Waals surface area (Å²) in [5.74, 6) is -1.32. The number of hydrogen-bond donors (Lipinski definition) is 1. The fraction of sp³-hybridized carbons (Fsp3) is 0.355. The first-order valence-corrected chi connectivity index (χ1v) is 16.4. The number of benzene rings is 3. The smallest absolute Gasteiger partial charge is 0.243 e. The molecule has 0 aliphatic heterocycles. The van der Waals surface area contributed by atoms with Gasteiger partial charge in [0.15, 0.2) is 0 Å². The number of amides is 2. The summed E-state index contributed by atoms with van der Waals surface area (Å²) in [4.78, 5) is 28.9. The SMILES string of the molecule is CCCCNC(=O)[C@H](Cc1ccccc1)N(Cc1ccc(Cl)c(Cl)c1)C(=O)CCCN(c1ccccc1F)S(C)(=O)=O. The van der Waals surface area contributed by atoms with Crippen molar-refractivity contribution in [1.29, 1.82) is 0 Å². The molecule has 7 nitrogen and oxygen atoms in total. The monoisotopic (exact) mass is 635 g/mol. The number of hydrogen-bond acceptors (Lipinski definition) is 4. The molecule has 0 radical (unpaired) electrons. The second kappa shape index (κ2) is 15.9. The highest BCUT2D eigenvalue weighted by molar-refractivity contribution is 7.92. The molecule has 0 saturated carbocycles. The lowest BCUT2D eigenvalue weighted by molar-refractivity contribution is -0.141. The van der Waals surface area contributed by atoms with E-state index in [1.165, 1.54) is 23.1 Å². The topological polar surface area (TPSA) is 86.8 Å². The van der Waals surface area contributed by atoms with Crippen LogP contribution < -0.4 is 9.62 Å². The van der Waals surface area contributed by atoms with Crippen molar-refractivity contribution in [2.24, 2.45) is 0 Å². The van der Waals surface area contributed by atoms with Gasteiger partial charge >= 0.3 is 0 Å². The Kier molecular flexibility index (Phi) is 12.6. The van der Waals surface area contributed by atoms with Crippen molar-refractivity contribution in [3.63, 3.8) is 0 Å². The molecule has 0 aliphatic carbocycles. The zero-order valence-electron chi connectivity index (χ0n) is 23.7. The van der Waals surface area contributed by atoms with Crippen LogP contribution in [0, 0.1) is 5.82 Å². The molecule has 226 valence electrons. The lowest BCUT2D eigenvalue weighted by atomic mass is 10.0. The van der Waals surface area contributed by atoms with Crippen molar-refractivity contribution < 1.29 is 22.4 Å². The largest absolute Gasteiger partial charge is 0.354 e. The molecule has 0 fully saturated rings. The van der Waals surface area contributed by atoms with E-state index in [-0.39, 0.29) is 49.9 Å². The van der Waals surface area contributed by atoms with Crippen LogP contribution in [0.5, 0.6) is 0 Å². The molecule has 0 aromatic heterocycles. The number of rotatable bonds is 15. The van der Waals surface area contributed by atoms with Crippen molar-refractivity contribution in [1.82, 2.24) is 10.2 Å². The van der Waals surface area contributed by atoms with Crippen LogP contribution in [0.1, 0.15) is 43.7 Å². The average Bonchev–Trinajstić information content (AvgIpc) is 2.95. The number of unbranched alkanes of at least 4 members (excludes halogenated alkanes) is 1. The zero-order valence-corrected chi connectivity index (χ0v) is 26.1. The third kappa shape index (κ3) is 9.71. The summed E-state index contributed by atoms with van der Waals surface area (Å²) in [6.45, 7) is 2.46. The number of sulfonamides is 1. The van der Waals surface area contributed by atoms with E-state index in [9.17, 15) is 22.4 Å². The summed E-state index contributed by atoms with van der Waals surface area (Å²) in [6.07, 6.45) is 2.99. The van der Waals surface area contributed by atoms with E-state index in [0.29, 0.717) is 22.2 Å². The van der Waals surface area contributed by atoms with Crippen LogP contribution in [-0.2, 0) is 32.6 Å². The maximum atomic E-state index is 14.5. The molecule has 0 unspecified atom stereocenters. The molecule has 42 heavy (non-hydrogen) atoms. The molecule has 0 saturated heterocycles. The van der Waals surface area contributed by atoms with Crippen LogP contribution in [-0.4, -0.2) is 50.5 Å². The maximum absolute atomic E-state index is 14.5. The highest BCUT2D eigenvalue weighted by Gasteiger charge is 2.30. The first-order valence-electron chi connectivity index (χ1n) is 13.8. The number of nitrogens with zero attached hydrogens (tertiary/aromatic N) is 2. The number of nitrogens with one attached hydrogen (secondary N) is 1. The van der Waals surface area contributed by atoms with Crippen LogP contribution in [0.3, 0.4) is 0 Å². The molecule has 3 aromatic rings. The van der Waals surface area contributed by atoms with E-state index in [2.05, 4.69) is 5.32 Å². The highest BCUT2D eigenvalue weighted by Crippen LogP contribution is 2.25. The summed E-state index contributed by atoms with van der Waals surface area (Å²) >= 11 is 12.4. The molecule has 1 N–H and O–H groups in total. The van der Waals surface area contributed by atoms with E-state index >= 15 is 0 Å². The van der Waals surface area contributed by atoms with Gasteiger partial charge in [-0.2, -0.15) is 0 Å². The Balaban J connectivity index is 1.90. The molecule has 1 atom stereocenters. The maximum Gasteiger partial charge on any atom is 0.243 e. The van der Waals surface area contributed by atoms with Crippen molar-refractivity contribution in [2.45, 2.75) is 51.6 Å². The number of anilines is 1. The standard InChI is InChI=1S/C31H36Cl2FN3O4S/c1-3-4-18-35-31(39)29(21-23-11-6-5-7-12-23)36(22-24-16-17-25(32)26(33)20-24)30(38)15-10-19-37(42(2,40)41)28-14-9-8-13-27(28)34/h5-9,11-14,16-17,20,29H,3-4,10,15,18-19,21-22H2,1-2H3,(H,35,39)/t29-/m0/s1. The van der Waals surface area contributed by atoms with Crippen molar-refractivity contribution in [3.8, 4) is 0 Å². The van der Waals surface area contributed by atoms with E-state index < -0.39 is 21.9 Å². The predicted molar refractivity (Wildman–Crippen MR) is 167 cm³/mol. The average molecular weight is 637 g/mol. The van der Waals surface area contributed by atoms with Crippen molar-refractivity contribution in [3.05, 3.63) is 99.8 Å². The van der Waals surface area contributed by atoms with Crippen LogP contribution in [0.4, 0.5) is 10.1 Å². The lowest BCUT2D eigenvalue weighted by Crippen LogP contribution is -2.50. The predicted octanol–water partition coefficient (Wildman–Crippen LogP) is 6.24. The molecule has 3 aromatic carbocycles. The summed E-state index contributed by atoms with van der Waals surface area (Å²) in [5.41, 5.74) is 1.47. The summed E-state index contributed by atoms with van der Waals surface area (Å²) in [6, 6.07) is 19.2. The van der Waals surface area contributed by atoms with Crippen LogP contribution in [0.15, 0.2) is 72.8 Å². The third-order valence-corrected chi connectivity index (χ3v) is 8.63. The molecule has 11 heteroatoms. The number of para-hydroxylation sites is 1. The van der Waals surface area contributed by atoms with Gasteiger partial charge in [0, 0.05) is 32.5 Å². The van der Waals surface area contributed by atoms with Gasteiger partial charge < -0.3 is 10.2 Å². The van der Waals surface area contributed by atoms with Gasteiger partial charge in [-0.05, 0) is 48.2 Å². The Bertz CT molecular complexity index is 1460. The Labute approximate surface area is 257 Å². The molecule has 0 spiro atoms.